The molecule has 6 N–H and O–H groups in total. The quantitative estimate of drug-likeness (QED) is 0.103. The molecule has 0 saturated carbocycles. The number of aryl methyl sites for hydroxylation is 1. The van der Waals surface area contributed by atoms with Gasteiger partial charge < -0.3 is 36.2 Å². The number of carboxylic acid groups (broad SMARTS) is 2. The Hall–Kier alpha value is -5.84. The minimum Gasteiger partial charge on any atom is -0.481 e. The molecule has 284 valence electrons. The Kier molecular flexibility index (Phi) is 15.4. The molecule has 4 amide bonds. The van der Waals surface area contributed by atoms with Gasteiger partial charge in [-0.05, 0) is 36.5 Å². The standard InChI is InChI=1S/C36H43N5O11S/c1-22(2)32(35(48)38-26(19-30(42)43)17-18-53(3,50)51)41-33(46)28(16-15-25-14-13-24-11-7-8-12-27(24)37-25)39-34(47)29(20-31(44)45)40-36(49)52-21-23-9-5-4-6-10-23/h4-14,17-18,22,26,28-29,32H,15-16,19-21H2,1-3H3,(H,38,48)(H,39,47)(H,40,49)(H,41,46)(H,42,43)(H,44,45)/b18-17+/t26-,28+,29+,32+/m1/s1. The van der Waals surface area contributed by atoms with Crippen molar-refractivity contribution in [2.75, 3.05) is 6.26 Å². The number of ether oxygens (including phenoxy) is 1. The van der Waals surface area contributed by atoms with Crippen LogP contribution in [0.2, 0.25) is 0 Å². The highest BCUT2D eigenvalue weighted by Gasteiger charge is 2.32. The van der Waals surface area contributed by atoms with Crippen molar-refractivity contribution in [3.8, 4) is 0 Å². The fourth-order valence-corrected chi connectivity index (χ4v) is 5.50. The number of hydrogen-bond donors (Lipinski definition) is 6. The second-order valence-corrected chi connectivity index (χ2v) is 14.5. The molecular formula is C36H43N5O11S. The first kappa shape index (κ1) is 41.6. The van der Waals surface area contributed by atoms with Crippen molar-refractivity contribution in [3.05, 3.63) is 89.5 Å². The zero-order valence-corrected chi connectivity index (χ0v) is 30.2. The Labute approximate surface area is 306 Å². The van der Waals surface area contributed by atoms with Crippen LogP contribution in [0.25, 0.3) is 10.9 Å². The van der Waals surface area contributed by atoms with Gasteiger partial charge in [0.2, 0.25) is 17.7 Å². The number of nitrogens with zero attached hydrogens (tertiary/aromatic N) is 1. The Morgan fingerprint density at radius 3 is 2.06 bits per heavy atom. The third-order valence-electron chi connectivity index (χ3n) is 7.71. The smallest absolute Gasteiger partial charge is 0.408 e. The molecule has 17 heteroatoms. The molecule has 0 fully saturated rings. The highest BCUT2D eigenvalue weighted by Crippen LogP contribution is 2.14. The number of hydrogen-bond acceptors (Lipinski definition) is 10. The summed E-state index contributed by atoms with van der Waals surface area (Å²) in [5.74, 6) is -6.03. The van der Waals surface area contributed by atoms with Crippen LogP contribution in [0.15, 0.2) is 78.2 Å². The van der Waals surface area contributed by atoms with Crippen molar-refractivity contribution in [2.45, 2.75) is 70.3 Å². The van der Waals surface area contributed by atoms with Crippen LogP contribution in [0.5, 0.6) is 0 Å². The van der Waals surface area contributed by atoms with Gasteiger partial charge in [0.05, 0.1) is 24.4 Å². The van der Waals surface area contributed by atoms with Crippen LogP contribution < -0.4 is 21.3 Å². The zero-order valence-electron chi connectivity index (χ0n) is 29.4. The summed E-state index contributed by atoms with van der Waals surface area (Å²) in [5, 5.41) is 30.2. The molecule has 0 aliphatic rings. The lowest BCUT2D eigenvalue weighted by Crippen LogP contribution is -2.58. The van der Waals surface area contributed by atoms with Gasteiger partial charge in [-0.15, -0.1) is 0 Å². The summed E-state index contributed by atoms with van der Waals surface area (Å²) in [6.45, 7) is 3.04. The number of para-hydroxylation sites is 1. The number of nitrogens with one attached hydrogen (secondary N) is 4. The Morgan fingerprint density at radius 2 is 1.42 bits per heavy atom. The lowest BCUT2D eigenvalue weighted by Gasteiger charge is -2.27. The molecule has 1 heterocycles. The van der Waals surface area contributed by atoms with Crippen LogP contribution in [0.1, 0.15) is 44.4 Å². The third-order valence-corrected chi connectivity index (χ3v) is 8.36. The van der Waals surface area contributed by atoms with E-state index < -0.39 is 88.5 Å². The first-order valence-corrected chi connectivity index (χ1v) is 18.5. The van der Waals surface area contributed by atoms with Crippen molar-refractivity contribution in [3.63, 3.8) is 0 Å². The van der Waals surface area contributed by atoms with E-state index in [1.165, 1.54) is 0 Å². The van der Waals surface area contributed by atoms with Crippen molar-refractivity contribution >= 4 is 56.5 Å². The Balaban J connectivity index is 1.84. The fraction of sp³-hybridized carbons (Fsp3) is 0.361. The molecule has 4 atom stereocenters. The topological polar surface area (TPSA) is 247 Å². The van der Waals surface area contributed by atoms with Gasteiger partial charge in [0, 0.05) is 22.7 Å². The largest absolute Gasteiger partial charge is 0.481 e. The Bertz CT molecular complexity index is 1920. The number of sulfone groups is 1. The molecule has 0 spiro atoms. The highest BCUT2D eigenvalue weighted by molar-refractivity contribution is 7.93. The molecule has 53 heavy (non-hydrogen) atoms. The van der Waals surface area contributed by atoms with Crippen molar-refractivity contribution in [1.82, 2.24) is 26.3 Å². The van der Waals surface area contributed by atoms with Crippen LogP contribution in [-0.4, -0.2) is 89.8 Å². The third kappa shape index (κ3) is 14.7. The summed E-state index contributed by atoms with van der Waals surface area (Å²) in [6, 6.07) is 14.0. The van der Waals surface area contributed by atoms with E-state index >= 15 is 0 Å². The van der Waals surface area contributed by atoms with Crippen LogP contribution in [0, 0.1) is 5.92 Å². The second-order valence-electron chi connectivity index (χ2n) is 12.6. The van der Waals surface area contributed by atoms with E-state index in [2.05, 4.69) is 26.3 Å². The molecule has 16 nitrogen and oxygen atoms in total. The molecule has 0 bridgehead atoms. The summed E-state index contributed by atoms with van der Waals surface area (Å²) >= 11 is 0. The van der Waals surface area contributed by atoms with E-state index in [1.807, 2.05) is 24.3 Å². The average molecular weight is 754 g/mol. The summed E-state index contributed by atoms with van der Waals surface area (Å²) < 4.78 is 28.4. The van der Waals surface area contributed by atoms with E-state index in [-0.39, 0.29) is 19.4 Å². The van der Waals surface area contributed by atoms with E-state index in [9.17, 15) is 47.4 Å². The number of aromatic nitrogens is 1. The predicted molar refractivity (Wildman–Crippen MR) is 193 cm³/mol. The van der Waals surface area contributed by atoms with Gasteiger partial charge in [-0.2, -0.15) is 0 Å². The van der Waals surface area contributed by atoms with Gasteiger partial charge in [0.1, 0.15) is 24.7 Å². The molecule has 3 aromatic rings. The number of carbonyl (C=O) groups is 6. The second kappa shape index (κ2) is 19.7. The first-order chi connectivity index (χ1) is 25.0. The monoisotopic (exact) mass is 753 g/mol. The summed E-state index contributed by atoms with van der Waals surface area (Å²) in [6.07, 6.45) is -0.599. The lowest BCUT2D eigenvalue weighted by molar-refractivity contribution is -0.140. The molecule has 0 aliphatic carbocycles. The van der Waals surface area contributed by atoms with E-state index in [4.69, 9.17) is 4.74 Å². The number of alkyl carbamates (subject to hydrolysis) is 1. The Morgan fingerprint density at radius 1 is 0.774 bits per heavy atom. The predicted octanol–water partition coefficient (Wildman–Crippen LogP) is 2.08. The summed E-state index contributed by atoms with van der Waals surface area (Å²) in [4.78, 5) is 81.0. The van der Waals surface area contributed by atoms with Crippen molar-refractivity contribution < 1.29 is 52.1 Å². The van der Waals surface area contributed by atoms with Gasteiger partial charge in [-0.25, -0.2) is 13.2 Å². The number of carboxylic acids is 2. The van der Waals surface area contributed by atoms with Gasteiger partial charge in [0.15, 0.2) is 9.84 Å². The number of benzene rings is 2. The van der Waals surface area contributed by atoms with Crippen LogP contribution >= 0.6 is 0 Å². The summed E-state index contributed by atoms with van der Waals surface area (Å²) in [7, 11) is -3.66. The molecule has 0 saturated heterocycles. The van der Waals surface area contributed by atoms with Crippen LogP contribution in [0.4, 0.5) is 4.79 Å². The average Bonchev–Trinajstić information content (AvgIpc) is 3.09. The molecular weight excluding hydrogens is 710 g/mol. The molecule has 1 aromatic heterocycles. The van der Waals surface area contributed by atoms with Gasteiger partial charge in [-0.3, -0.25) is 29.0 Å². The van der Waals surface area contributed by atoms with Crippen LogP contribution in [-0.2, 0) is 51.6 Å². The van der Waals surface area contributed by atoms with Crippen molar-refractivity contribution in [2.24, 2.45) is 5.92 Å². The van der Waals surface area contributed by atoms with E-state index in [1.54, 1.807) is 56.3 Å². The van der Waals surface area contributed by atoms with E-state index in [0.717, 1.165) is 23.1 Å². The maximum atomic E-state index is 13.8. The minimum absolute atomic E-state index is 0.0771. The molecule has 0 unspecified atom stereocenters. The maximum Gasteiger partial charge on any atom is 0.408 e. The molecule has 0 radical (unpaired) electrons. The van der Waals surface area contributed by atoms with E-state index in [0.29, 0.717) is 16.8 Å². The van der Waals surface area contributed by atoms with Gasteiger partial charge >= 0.3 is 18.0 Å². The number of carbonyl (C=O) groups excluding carboxylic acids is 4. The lowest BCUT2D eigenvalue weighted by atomic mass is 10.0. The number of pyridine rings is 1. The number of aliphatic carboxylic acids is 2. The maximum absolute atomic E-state index is 13.8. The number of amides is 4. The first-order valence-electron chi connectivity index (χ1n) is 16.6. The molecule has 0 aliphatic heterocycles. The number of fused-ring (bicyclic) bond motifs is 1. The van der Waals surface area contributed by atoms with Gasteiger partial charge in [0.25, 0.3) is 0 Å². The van der Waals surface area contributed by atoms with Crippen LogP contribution in [0.3, 0.4) is 0 Å². The highest BCUT2D eigenvalue weighted by atomic mass is 32.2. The fourth-order valence-electron chi connectivity index (χ4n) is 5.03. The normalized spacial score (nSPS) is 13.7. The number of rotatable bonds is 19. The molecule has 3 rings (SSSR count). The SMILES string of the molecule is CC(C)[C@H](NC(=O)[C@H](CCc1ccc2ccccc2n1)NC(=O)[C@H](CC(=O)O)NC(=O)OCc1ccccc1)C(=O)N[C@H](/C=C/S(C)(=O)=O)CC(=O)O. The minimum atomic E-state index is -3.66. The van der Waals surface area contributed by atoms with Gasteiger partial charge in [-0.1, -0.05) is 74.5 Å². The zero-order chi connectivity index (χ0) is 39.1. The molecule has 2 aromatic carbocycles. The summed E-state index contributed by atoms with van der Waals surface area (Å²) in [5.41, 5.74) is 1.89. The van der Waals surface area contributed by atoms with Crippen molar-refractivity contribution in [1.29, 1.82) is 0 Å².